The van der Waals surface area contributed by atoms with Gasteiger partial charge >= 0.3 is 5.97 Å². The summed E-state index contributed by atoms with van der Waals surface area (Å²) in [6.07, 6.45) is 0.837. The van der Waals surface area contributed by atoms with E-state index in [-0.39, 0.29) is 6.42 Å². The van der Waals surface area contributed by atoms with Gasteiger partial charge in [-0.2, -0.15) is 0 Å². The van der Waals surface area contributed by atoms with Crippen LogP contribution >= 0.6 is 11.3 Å². The molecule has 4 nitrogen and oxygen atoms in total. The maximum atomic E-state index is 10.2. The van der Waals surface area contributed by atoms with Crippen LogP contribution in [0, 0.1) is 13.8 Å². The summed E-state index contributed by atoms with van der Waals surface area (Å²) in [5, 5.41) is 12.4. The molecule has 0 radical (unpaired) electrons. The standard InChI is InChI=1S/C9H14N2O2S/c1-6-7(2)14-9(11-6)10-5-3-4-8(12)13/h3-5H2,1-2H3,(H,10,11)(H,12,13). The highest BCUT2D eigenvalue weighted by molar-refractivity contribution is 7.15. The number of carboxylic acid groups (broad SMARTS) is 1. The van der Waals surface area contributed by atoms with Gasteiger partial charge in [0.2, 0.25) is 0 Å². The van der Waals surface area contributed by atoms with E-state index in [9.17, 15) is 4.79 Å². The fourth-order valence-electron chi connectivity index (χ4n) is 0.983. The van der Waals surface area contributed by atoms with Crippen LogP contribution < -0.4 is 5.32 Å². The van der Waals surface area contributed by atoms with Crippen LogP contribution in [0.25, 0.3) is 0 Å². The van der Waals surface area contributed by atoms with E-state index in [1.165, 1.54) is 4.88 Å². The average Bonchev–Trinajstić information content (AvgIpc) is 2.40. The largest absolute Gasteiger partial charge is 0.481 e. The number of carboxylic acids is 1. The predicted molar refractivity (Wildman–Crippen MR) is 56.9 cm³/mol. The number of rotatable bonds is 5. The van der Waals surface area contributed by atoms with Gasteiger partial charge in [-0.25, -0.2) is 4.98 Å². The zero-order valence-electron chi connectivity index (χ0n) is 8.33. The Bertz CT molecular complexity index is 303. The fourth-order valence-corrected chi connectivity index (χ4v) is 1.82. The van der Waals surface area contributed by atoms with E-state index in [4.69, 9.17) is 5.11 Å². The summed E-state index contributed by atoms with van der Waals surface area (Å²) in [5.41, 5.74) is 1.04. The van der Waals surface area contributed by atoms with Gasteiger partial charge in [-0.1, -0.05) is 0 Å². The Balaban J connectivity index is 2.28. The van der Waals surface area contributed by atoms with Gasteiger partial charge in [-0.15, -0.1) is 11.3 Å². The summed E-state index contributed by atoms with van der Waals surface area (Å²) in [6.45, 7) is 4.66. The Morgan fingerprint density at radius 3 is 2.79 bits per heavy atom. The van der Waals surface area contributed by atoms with Gasteiger partial charge in [0.1, 0.15) is 0 Å². The zero-order valence-corrected chi connectivity index (χ0v) is 9.15. The van der Waals surface area contributed by atoms with Crippen LogP contribution in [0.1, 0.15) is 23.4 Å². The molecule has 0 spiro atoms. The minimum Gasteiger partial charge on any atom is -0.481 e. The molecule has 0 aromatic carbocycles. The Morgan fingerprint density at radius 2 is 2.29 bits per heavy atom. The molecule has 0 saturated carbocycles. The summed E-state index contributed by atoms with van der Waals surface area (Å²) >= 11 is 1.60. The number of aryl methyl sites for hydroxylation is 2. The SMILES string of the molecule is Cc1nc(NCCCC(=O)O)sc1C. The maximum Gasteiger partial charge on any atom is 0.303 e. The summed E-state index contributed by atoms with van der Waals surface area (Å²) in [4.78, 5) is 15.7. The second-order valence-electron chi connectivity index (χ2n) is 3.08. The first-order valence-corrected chi connectivity index (χ1v) is 5.31. The molecule has 1 aromatic rings. The van der Waals surface area contributed by atoms with Crippen molar-refractivity contribution in [2.45, 2.75) is 26.7 Å². The smallest absolute Gasteiger partial charge is 0.303 e. The molecule has 5 heteroatoms. The van der Waals surface area contributed by atoms with E-state index in [1.54, 1.807) is 11.3 Å². The number of aliphatic carboxylic acids is 1. The Kier molecular flexibility index (Phi) is 3.88. The lowest BCUT2D eigenvalue weighted by atomic mass is 10.3. The number of hydrogen-bond donors (Lipinski definition) is 2. The fraction of sp³-hybridized carbons (Fsp3) is 0.556. The number of nitrogens with one attached hydrogen (secondary N) is 1. The number of carbonyl (C=O) groups is 1. The molecule has 1 rings (SSSR count). The molecule has 2 N–H and O–H groups in total. The van der Waals surface area contributed by atoms with Gasteiger partial charge in [-0.05, 0) is 20.3 Å². The third-order valence-corrected chi connectivity index (χ3v) is 2.90. The van der Waals surface area contributed by atoms with Crippen LogP contribution in [0.5, 0.6) is 0 Å². The van der Waals surface area contributed by atoms with E-state index in [0.717, 1.165) is 10.8 Å². The molecule has 0 aliphatic rings. The van der Waals surface area contributed by atoms with Crippen LogP contribution in [-0.4, -0.2) is 22.6 Å². The van der Waals surface area contributed by atoms with Gasteiger partial charge in [0.05, 0.1) is 5.69 Å². The highest BCUT2D eigenvalue weighted by Gasteiger charge is 2.02. The first-order valence-electron chi connectivity index (χ1n) is 4.49. The molecular weight excluding hydrogens is 200 g/mol. The molecule has 0 atom stereocenters. The van der Waals surface area contributed by atoms with E-state index in [2.05, 4.69) is 10.3 Å². The molecule has 0 unspecified atom stereocenters. The van der Waals surface area contributed by atoms with E-state index >= 15 is 0 Å². The monoisotopic (exact) mass is 214 g/mol. The summed E-state index contributed by atoms with van der Waals surface area (Å²) in [5.74, 6) is -0.752. The maximum absolute atomic E-state index is 10.2. The van der Waals surface area contributed by atoms with Crippen molar-refractivity contribution in [3.63, 3.8) is 0 Å². The highest BCUT2D eigenvalue weighted by Crippen LogP contribution is 2.20. The van der Waals surface area contributed by atoms with Crippen molar-refractivity contribution in [2.24, 2.45) is 0 Å². The topological polar surface area (TPSA) is 62.2 Å². The van der Waals surface area contributed by atoms with Gasteiger partial charge in [0.15, 0.2) is 5.13 Å². The lowest BCUT2D eigenvalue weighted by molar-refractivity contribution is -0.137. The van der Waals surface area contributed by atoms with Gasteiger partial charge < -0.3 is 10.4 Å². The molecule has 0 aliphatic heterocycles. The van der Waals surface area contributed by atoms with Crippen molar-refractivity contribution in [1.82, 2.24) is 4.98 Å². The summed E-state index contributed by atoms with van der Waals surface area (Å²) in [7, 11) is 0. The molecule has 78 valence electrons. The second kappa shape index (κ2) is 4.95. The number of hydrogen-bond acceptors (Lipinski definition) is 4. The number of aromatic nitrogens is 1. The van der Waals surface area contributed by atoms with Crippen molar-refractivity contribution in [3.8, 4) is 0 Å². The normalized spacial score (nSPS) is 10.1. The zero-order chi connectivity index (χ0) is 10.6. The minimum absolute atomic E-state index is 0.205. The Morgan fingerprint density at radius 1 is 1.57 bits per heavy atom. The van der Waals surface area contributed by atoms with Gasteiger partial charge in [0, 0.05) is 17.8 Å². The third kappa shape index (κ3) is 3.33. The first-order chi connectivity index (χ1) is 6.59. The third-order valence-electron chi connectivity index (χ3n) is 1.87. The lowest BCUT2D eigenvalue weighted by Crippen LogP contribution is -2.04. The van der Waals surface area contributed by atoms with Crippen molar-refractivity contribution in [3.05, 3.63) is 10.6 Å². The molecule has 1 aromatic heterocycles. The Labute approximate surface area is 87.0 Å². The van der Waals surface area contributed by atoms with Gasteiger partial charge in [0.25, 0.3) is 0 Å². The van der Waals surface area contributed by atoms with Crippen molar-refractivity contribution >= 4 is 22.4 Å². The van der Waals surface area contributed by atoms with Crippen LogP contribution in [0.2, 0.25) is 0 Å². The molecule has 0 amide bonds. The molecule has 0 saturated heterocycles. The number of nitrogens with zero attached hydrogens (tertiary/aromatic N) is 1. The second-order valence-corrected chi connectivity index (χ2v) is 4.29. The number of anilines is 1. The minimum atomic E-state index is -0.752. The Hall–Kier alpha value is -1.10. The van der Waals surface area contributed by atoms with E-state index in [1.807, 2.05) is 13.8 Å². The molecule has 0 aliphatic carbocycles. The first kappa shape index (κ1) is 11.0. The van der Waals surface area contributed by atoms with Crippen LogP contribution in [0.15, 0.2) is 0 Å². The van der Waals surface area contributed by atoms with E-state index < -0.39 is 5.97 Å². The molecule has 14 heavy (non-hydrogen) atoms. The number of thiazole rings is 1. The summed E-state index contributed by atoms with van der Waals surface area (Å²) < 4.78 is 0. The van der Waals surface area contributed by atoms with Crippen molar-refractivity contribution in [2.75, 3.05) is 11.9 Å². The van der Waals surface area contributed by atoms with Gasteiger partial charge in [-0.3, -0.25) is 4.79 Å². The quantitative estimate of drug-likeness (QED) is 0.736. The van der Waals surface area contributed by atoms with Crippen LogP contribution in [0.3, 0.4) is 0 Å². The molecule has 0 bridgehead atoms. The van der Waals surface area contributed by atoms with Crippen molar-refractivity contribution < 1.29 is 9.90 Å². The lowest BCUT2D eigenvalue weighted by Gasteiger charge is -1.99. The van der Waals surface area contributed by atoms with Crippen LogP contribution in [0.4, 0.5) is 5.13 Å². The predicted octanol–water partition coefficient (Wildman–Crippen LogP) is 2.04. The molecule has 0 fully saturated rings. The molecular formula is C9H14N2O2S. The molecule has 1 heterocycles. The summed E-state index contributed by atoms with van der Waals surface area (Å²) in [6, 6.07) is 0. The van der Waals surface area contributed by atoms with Crippen molar-refractivity contribution in [1.29, 1.82) is 0 Å². The van der Waals surface area contributed by atoms with Crippen LogP contribution in [-0.2, 0) is 4.79 Å². The highest BCUT2D eigenvalue weighted by atomic mass is 32.1. The van der Waals surface area contributed by atoms with E-state index in [0.29, 0.717) is 13.0 Å². The average molecular weight is 214 g/mol.